The molecule has 0 unspecified atom stereocenters. The van der Waals surface area contributed by atoms with E-state index in [0.29, 0.717) is 0 Å². The van der Waals surface area contributed by atoms with Crippen molar-refractivity contribution in [1.82, 2.24) is 4.98 Å². The van der Waals surface area contributed by atoms with Crippen LogP contribution in [0.5, 0.6) is 0 Å². The molecule has 0 aliphatic carbocycles. The Morgan fingerprint density at radius 2 is 1.69 bits per heavy atom. The van der Waals surface area contributed by atoms with Gasteiger partial charge in [-0.05, 0) is 24.3 Å². The highest BCUT2D eigenvalue weighted by atomic mass is 19.2. The predicted molar refractivity (Wildman–Crippen MR) is 54.0 cm³/mol. The third-order valence-electron chi connectivity index (χ3n) is 2.10. The van der Waals surface area contributed by atoms with Gasteiger partial charge in [-0.3, -0.25) is 4.98 Å². The molecule has 2 N–H and O–H groups in total. The Morgan fingerprint density at radius 3 is 2.25 bits per heavy atom. The van der Waals surface area contributed by atoms with Crippen molar-refractivity contribution in [3.8, 4) is 11.3 Å². The molecule has 82 valence electrons. The van der Waals surface area contributed by atoms with E-state index in [9.17, 15) is 13.2 Å². The van der Waals surface area contributed by atoms with E-state index in [0.717, 1.165) is 12.1 Å². The fraction of sp³-hybridized carbons (Fsp3) is 0. The summed E-state index contributed by atoms with van der Waals surface area (Å²) >= 11 is 0. The first-order valence-corrected chi connectivity index (χ1v) is 4.45. The van der Waals surface area contributed by atoms with Gasteiger partial charge in [0.25, 0.3) is 0 Å². The summed E-state index contributed by atoms with van der Waals surface area (Å²) in [5.74, 6) is -4.03. The second-order valence-electron chi connectivity index (χ2n) is 3.20. The van der Waals surface area contributed by atoms with E-state index in [1.165, 1.54) is 6.20 Å². The Morgan fingerprint density at radius 1 is 1.06 bits per heavy atom. The van der Waals surface area contributed by atoms with Gasteiger partial charge in [-0.15, -0.1) is 0 Å². The molecule has 2 aromatic rings. The van der Waals surface area contributed by atoms with Crippen molar-refractivity contribution in [2.45, 2.75) is 0 Å². The van der Waals surface area contributed by atoms with Gasteiger partial charge in [-0.25, -0.2) is 13.2 Å². The Bertz CT molecular complexity index is 517. The second-order valence-corrected chi connectivity index (χ2v) is 3.20. The normalized spacial score (nSPS) is 10.4. The minimum Gasteiger partial charge on any atom is -0.397 e. The lowest BCUT2D eigenvalue weighted by atomic mass is 10.1. The van der Waals surface area contributed by atoms with Gasteiger partial charge in [0.05, 0.1) is 11.4 Å². The number of aromatic nitrogens is 1. The van der Waals surface area contributed by atoms with E-state index in [-0.39, 0.29) is 16.9 Å². The number of rotatable bonds is 1. The van der Waals surface area contributed by atoms with Crippen molar-refractivity contribution in [2.24, 2.45) is 0 Å². The van der Waals surface area contributed by atoms with Crippen molar-refractivity contribution in [2.75, 3.05) is 5.73 Å². The van der Waals surface area contributed by atoms with Gasteiger partial charge in [0.1, 0.15) is 0 Å². The van der Waals surface area contributed by atoms with Crippen molar-refractivity contribution in [1.29, 1.82) is 0 Å². The minimum atomic E-state index is -1.50. The molecule has 16 heavy (non-hydrogen) atoms. The molecule has 0 radical (unpaired) electrons. The largest absolute Gasteiger partial charge is 0.397 e. The van der Waals surface area contributed by atoms with Crippen molar-refractivity contribution in [3.05, 3.63) is 47.9 Å². The molecule has 1 aromatic carbocycles. The number of nitrogen functional groups attached to an aromatic ring is 1. The molecule has 0 aliphatic heterocycles. The Kier molecular flexibility index (Phi) is 2.52. The van der Waals surface area contributed by atoms with Crippen molar-refractivity contribution in [3.63, 3.8) is 0 Å². The van der Waals surface area contributed by atoms with Crippen LogP contribution in [0.4, 0.5) is 18.9 Å². The van der Waals surface area contributed by atoms with Gasteiger partial charge in [-0.2, -0.15) is 0 Å². The molecule has 0 fully saturated rings. The highest BCUT2D eigenvalue weighted by molar-refractivity contribution is 5.72. The summed E-state index contributed by atoms with van der Waals surface area (Å²) in [5.41, 5.74) is 6.19. The SMILES string of the molecule is Nc1cccnc1-c1cc(F)c(F)c(F)c1. The van der Waals surface area contributed by atoms with Crippen LogP contribution in [0.3, 0.4) is 0 Å². The van der Waals surface area contributed by atoms with Crippen molar-refractivity contribution >= 4 is 5.69 Å². The van der Waals surface area contributed by atoms with Gasteiger partial charge in [-0.1, -0.05) is 0 Å². The van der Waals surface area contributed by atoms with E-state index in [1.54, 1.807) is 12.1 Å². The van der Waals surface area contributed by atoms with Gasteiger partial charge < -0.3 is 5.73 Å². The van der Waals surface area contributed by atoms with Crippen LogP contribution >= 0.6 is 0 Å². The van der Waals surface area contributed by atoms with E-state index in [4.69, 9.17) is 5.73 Å². The topological polar surface area (TPSA) is 38.9 Å². The van der Waals surface area contributed by atoms with Crippen LogP contribution < -0.4 is 5.73 Å². The van der Waals surface area contributed by atoms with Crippen LogP contribution in [0.15, 0.2) is 30.5 Å². The maximum Gasteiger partial charge on any atom is 0.194 e. The maximum atomic E-state index is 13.0. The van der Waals surface area contributed by atoms with E-state index in [1.807, 2.05) is 0 Å². The zero-order valence-electron chi connectivity index (χ0n) is 8.05. The number of benzene rings is 1. The lowest BCUT2D eigenvalue weighted by molar-refractivity contribution is 0.447. The highest BCUT2D eigenvalue weighted by Gasteiger charge is 2.13. The lowest BCUT2D eigenvalue weighted by Crippen LogP contribution is -1.96. The zero-order valence-corrected chi connectivity index (χ0v) is 8.05. The summed E-state index contributed by atoms with van der Waals surface area (Å²) in [4.78, 5) is 3.88. The maximum absolute atomic E-state index is 13.0. The predicted octanol–water partition coefficient (Wildman–Crippen LogP) is 2.75. The van der Waals surface area contributed by atoms with Crippen LogP contribution in [-0.4, -0.2) is 4.98 Å². The third-order valence-corrected chi connectivity index (χ3v) is 2.10. The Hall–Kier alpha value is -2.04. The van der Waals surface area contributed by atoms with Gasteiger partial charge in [0, 0.05) is 11.8 Å². The molecule has 0 bridgehead atoms. The number of hydrogen-bond acceptors (Lipinski definition) is 2. The molecule has 0 amide bonds. The smallest absolute Gasteiger partial charge is 0.194 e. The van der Waals surface area contributed by atoms with Gasteiger partial charge >= 0.3 is 0 Å². The van der Waals surface area contributed by atoms with Gasteiger partial charge in [0.15, 0.2) is 17.5 Å². The second kappa shape index (κ2) is 3.84. The molecule has 0 saturated carbocycles. The quantitative estimate of drug-likeness (QED) is 0.756. The first-order chi connectivity index (χ1) is 7.59. The molecule has 0 atom stereocenters. The summed E-state index contributed by atoms with van der Waals surface area (Å²) in [7, 11) is 0. The summed E-state index contributed by atoms with van der Waals surface area (Å²) < 4.78 is 38.7. The van der Waals surface area contributed by atoms with E-state index < -0.39 is 17.5 Å². The van der Waals surface area contributed by atoms with Crippen LogP contribution in [0.25, 0.3) is 11.3 Å². The number of halogens is 3. The van der Waals surface area contributed by atoms with Crippen LogP contribution in [0.1, 0.15) is 0 Å². The molecule has 0 saturated heterocycles. The lowest BCUT2D eigenvalue weighted by Gasteiger charge is -2.05. The van der Waals surface area contributed by atoms with Crippen molar-refractivity contribution < 1.29 is 13.2 Å². The summed E-state index contributed by atoms with van der Waals surface area (Å²) in [6.45, 7) is 0. The molecular formula is C11H7F3N2. The summed E-state index contributed by atoms with van der Waals surface area (Å²) in [6, 6.07) is 4.85. The molecule has 2 rings (SSSR count). The molecule has 0 aliphatic rings. The average molecular weight is 224 g/mol. The third kappa shape index (κ3) is 1.71. The van der Waals surface area contributed by atoms with Crippen LogP contribution in [-0.2, 0) is 0 Å². The molecule has 0 spiro atoms. The first kappa shape index (κ1) is 10.5. The van der Waals surface area contributed by atoms with E-state index >= 15 is 0 Å². The fourth-order valence-electron chi connectivity index (χ4n) is 1.35. The Balaban J connectivity index is 2.62. The summed E-state index contributed by atoms with van der Waals surface area (Å²) in [6.07, 6.45) is 1.44. The zero-order chi connectivity index (χ0) is 11.7. The van der Waals surface area contributed by atoms with Gasteiger partial charge in [0.2, 0.25) is 0 Å². The standard InChI is InChI=1S/C11H7F3N2/c12-7-4-6(5-8(13)10(7)14)11-9(15)2-1-3-16-11/h1-5H,15H2. The molecule has 1 heterocycles. The molecule has 5 heteroatoms. The number of hydrogen-bond donors (Lipinski definition) is 1. The Labute approximate surface area is 89.5 Å². The highest BCUT2D eigenvalue weighted by Crippen LogP contribution is 2.25. The van der Waals surface area contributed by atoms with Crippen LogP contribution in [0.2, 0.25) is 0 Å². The number of nitrogens with zero attached hydrogens (tertiary/aromatic N) is 1. The fourth-order valence-corrected chi connectivity index (χ4v) is 1.35. The summed E-state index contributed by atoms with van der Waals surface area (Å²) in [5, 5.41) is 0. The molecule has 1 aromatic heterocycles. The monoisotopic (exact) mass is 224 g/mol. The number of anilines is 1. The number of nitrogens with two attached hydrogens (primary N) is 1. The minimum absolute atomic E-state index is 0.106. The molecular weight excluding hydrogens is 217 g/mol. The van der Waals surface area contributed by atoms with E-state index in [2.05, 4.69) is 4.98 Å². The van der Waals surface area contributed by atoms with Crippen LogP contribution in [0, 0.1) is 17.5 Å². The molecule has 2 nitrogen and oxygen atoms in total. The average Bonchev–Trinajstić information content (AvgIpc) is 2.26. The number of pyridine rings is 1. The first-order valence-electron chi connectivity index (χ1n) is 4.45.